The van der Waals surface area contributed by atoms with Crippen LogP contribution in [0.2, 0.25) is 0 Å². The van der Waals surface area contributed by atoms with Gasteiger partial charge in [0.25, 0.3) is 0 Å². The van der Waals surface area contributed by atoms with E-state index in [1.54, 1.807) is 0 Å². The zero-order valence-corrected chi connectivity index (χ0v) is 13.8. The molecule has 11 heteroatoms. The van der Waals surface area contributed by atoms with Gasteiger partial charge in [0.15, 0.2) is 0 Å². The molecule has 0 radical (unpaired) electrons. The average molecular weight is 392 g/mol. The van der Waals surface area contributed by atoms with Crippen LogP contribution < -0.4 is 0 Å². The number of carbonyl (C=O) groups is 1. The molecule has 0 spiro atoms. The van der Waals surface area contributed by atoms with Crippen molar-refractivity contribution in [3.8, 4) is 0 Å². The third kappa shape index (κ3) is 2.92. The summed E-state index contributed by atoms with van der Waals surface area (Å²) in [4.78, 5) is 11.3. The first kappa shape index (κ1) is 18.8. The van der Waals surface area contributed by atoms with Gasteiger partial charge in [-0.15, -0.1) is 0 Å². The molecule has 4 fully saturated rings. The summed E-state index contributed by atoms with van der Waals surface area (Å²) in [5.74, 6) is -2.90. The van der Waals surface area contributed by atoms with Gasteiger partial charge in [0.1, 0.15) is 0 Å². The lowest BCUT2D eigenvalue weighted by atomic mass is 9.44. The van der Waals surface area contributed by atoms with Crippen molar-refractivity contribution in [2.45, 2.75) is 50.0 Å². The van der Waals surface area contributed by atoms with E-state index >= 15 is 0 Å². The number of alkyl halides is 5. The van der Waals surface area contributed by atoms with Gasteiger partial charge in [0.05, 0.1) is 12.0 Å². The van der Waals surface area contributed by atoms with E-state index in [1.165, 1.54) is 0 Å². The lowest BCUT2D eigenvalue weighted by Gasteiger charge is -2.61. The quantitative estimate of drug-likeness (QED) is 0.452. The molecule has 0 aliphatic heterocycles. The van der Waals surface area contributed by atoms with Crippen molar-refractivity contribution in [2.75, 3.05) is 6.61 Å². The van der Waals surface area contributed by atoms with Gasteiger partial charge in [0, 0.05) is 5.41 Å². The zero-order valence-electron chi connectivity index (χ0n) is 13.0. The Balaban J connectivity index is 1.78. The van der Waals surface area contributed by atoms with E-state index in [-0.39, 0.29) is 31.1 Å². The topological polar surface area (TPSA) is 80.7 Å². The molecule has 2 atom stereocenters. The fourth-order valence-electron chi connectivity index (χ4n) is 5.36. The largest absolute Gasteiger partial charge is 0.465 e. The second-order valence-corrected chi connectivity index (χ2v) is 9.27. The van der Waals surface area contributed by atoms with Crippen LogP contribution in [0.25, 0.3) is 0 Å². The van der Waals surface area contributed by atoms with E-state index in [4.69, 9.17) is 4.55 Å². The summed E-state index contributed by atoms with van der Waals surface area (Å²) in [7, 11) is -6.00. The molecule has 25 heavy (non-hydrogen) atoms. The molecule has 1 N–H and O–H groups in total. The highest BCUT2D eigenvalue weighted by Crippen LogP contribution is 2.69. The SMILES string of the molecule is O=C(OCC12CC3CC(C1)CC(C(F)(F)F)(C3)C2)C(F)(F)S(=O)(=O)O. The minimum Gasteiger partial charge on any atom is -0.460 e. The lowest BCUT2D eigenvalue weighted by Crippen LogP contribution is -2.59. The first-order valence-corrected chi connectivity index (χ1v) is 9.23. The Morgan fingerprint density at radius 3 is 2.04 bits per heavy atom. The summed E-state index contributed by atoms with van der Waals surface area (Å²) >= 11 is 0. The van der Waals surface area contributed by atoms with E-state index in [9.17, 15) is 35.2 Å². The number of hydrogen-bond acceptors (Lipinski definition) is 4. The molecule has 0 saturated heterocycles. The normalized spacial score (nSPS) is 38.0. The molecule has 0 aromatic heterocycles. The van der Waals surface area contributed by atoms with Gasteiger partial charge in [0.2, 0.25) is 0 Å². The van der Waals surface area contributed by atoms with Gasteiger partial charge in [-0.2, -0.15) is 30.4 Å². The molecule has 4 saturated carbocycles. The predicted octanol–water partition coefficient (Wildman–Crippen LogP) is 3.16. The number of hydrogen-bond donors (Lipinski definition) is 1. The maximum absolute atomic E-state index is 13.6. The predicted molar refractivity (Wildman–Crippen MR) is 73.1 cm³/mol. The minimum absolute atomic E-state index is 0.0100. The van der Waals surface area contributed by atoms with Crippen LogP contribution in [0.4, 0.5) is 22.0 Å². The summed E-state index contributed by atoms with van der Waals surface area (Å²) < 4.78 is 101. The third-order valence-corrected chi connectivity index (χ3v) is 6.67. The van der Waals surface area contributed by atoms with Crippen molar-refractivity contribution in [1.82, 2.24) is 0 Å². The molecule has 0 aromatic rings. The number of ether oxygens (including phenoxy) is 1. The summed E-state index contributed by atoms with van der Waals surface area (Å²) in [5.41, 5.74) is -2.97. The number of halogens is 5. The second-order valence-electron chi connectivity index (χ2n) is 7.81. The molecule has 144 valence electrons. The van der Waals surface area contributed by atoms with Gasteiger partial charge >= 0.3 is 27.5 Å². The zero-order chi connectivity index (χ0) is 18.9. The molecule has 4 aliphatic rings. The molecular formula is C14H17F5O5S. The van der Waals surface area contributed by atoms with Crippen LogP contribution in [0.5, 0.6) is 0 Å². The monoisotopic (exact) mass is 392 g/mol. The molecule has 0 heterocycles. The molecule has 0 amide bonds. The van der Waals surface area contributed by atoms with Gasteiger partial charge in [-0.05, 0) is 50.4 Å². The minimum atomic E-state index is -6.00. The maximum atomic E-state index is 13.6. The van der Waals surface area contributed by atoms with Gasteiger partial charge < -0.3 is 4.74 Å². The molecule has 4 rings (SSSR count). The van der Waals surface area contributed by atoms with E-state index in [1.807, 2.05) is 0 Å². The van der Waals surface area contributed by atoms with E-state index in [0.717, 1.165) is 0 Å². The van der Waals surface area contributed by atoms with E-state index in [0.29, 0.717) is 19.3 Å². The van der Waals surface area contributed by atoms with Crippen LogP contribution in [-0.4, -0.2) is 37.0 Å². The number of esters is 1. The van der Waals surface area contributed by atoms with E-state index < -0.39 is 45.0 Å². The third-order valence-electron chi connectivity index (χ3n) is 5.85. The molecule has 2 unspecified atom stereocenters. The summed E-state index contributed by atoms with van der Waals surface area (Å²) in [6.45, 7) is -0.707. The standard InChI is InChI=1S/C14H17F5O5S/c15-13(16,25(21,22)23)10(20)24-7-11-2-8-1-9(3-11)5-12(4-8,6-11)14(17,18)19/h8-9H,1-7H2,(H,21,22,23). The van der Waals surface area contributed by atoms with Crippen LogP contribution in [0.1, 0.15) is 38.5 Å². The van der Waals surface area contributed by atoms with Crippen LogP contribution >= 0.6 is 0 Å². The van der Waals surface area contributed by atoms with E-state index in [2.05, 4.69) is 4.74 Å². The Bertz CT molecular complexity index is 672. The molecule has 4 bridgehead atoms. The van der Waals surface area contributed by atoms with Crippen molar-refractivity contribution in [3.63, 3.8) is 0 Å². The number of rotatable bonds is 4. The molecule has 4 aliphatic carbocycles. The van der Waals surface area contributed by atoms with Gasteiger partial charge in [-0.25, -0.2) is 4.79 Å². The average Bonchev–Trinajstić information content (AvgIpc) is 2.41. The van der Waals surface area contributed by atoms with Crippen LogP contribution in [0.3, 0.4) is 0 Å². The van der Waals surface area contributed by atoms with Crippen LogP contribution in [-0.2, 0) is 19.6 Å². The highest BCUT2D eigenvalue weighted by Gasteiger charge is 2.67. The Morgan fingerprint density at radius 2 is 1.60 bits per heavy atom. The van der Waals surface area contributed by atoms with Gasteiger partial charge in [-0.3, -0.25) is 4.55 Å². The van der Waals surface area contributed by atoms with Crippen LogP contribution in [0, 0.1) is 22.7 Å². The summed E-state index contributed by atoms with van der Waals surface area (Å²) in [5, 5.41) is -5.14. The lowest BCUT2D eigenvalue weighted by molar-refractivity contribution is -0.290. The Kier molecular flexibility index (Phi) is 3.97. The van der Waals surface area contributed by atoms with Gasteiger partial charge in [-0.1, -0.05) is 0 Å². The molecule has 0 aromatic carbocycles. The summed E-state index contributed by atoms with van der Waals surface area (Å²) in [6, 6.07) is 0. The highest BCUT2D eigenvalue weighted by molar-refractivity contribution is 7.87. The highest BCUT2D eigenvalue weighted by atomic mass is 32.2. The van der Waals surface area contributed by atoms with Crippen molar-refractivity contribution in [1.29, 1.82) is 0 Å². The van der Waals surface area contributed by atoms with Crippen molar-refractivity contribution in [2.24, 2.45) is 22.7 Å². The van der Waals surface area contributed by atoms with Crippen LogP contribution in [0.15, 0.2) is 0 Å². The Morgan fingerprint density at radius 1 is 1.08 bits per heavy atom. The Labute approximate surface area is 140 Å². The Hall–Kier alpha value is -0.970. The maximum Gasteiger partial charge on any atom is 0.465 e. The first-order chi connectivity index (χ1) is 11.2. The van der Waals surface area contributed by atoms with Crippen molar-refractivity contribution >= 4 is 16.1 Å². The fraction of sp³-hybridized carbons (Fsp3) is 0.929. The fourth-order valence-corrected chi connectivity index (χ4v) is 5.63. The molecular weight excluding hydrogens is 375 g/mol. The second kappa shape index (κ2) is 5.28. The molecule has 5 nitrogen and oxygen atoms in total. The summed E-state index contributed by atoms with van der Waals surface area (Å²) in [6.07, 6.45) is -3.49. The smallest absolute Gasteiger partial charge is 0.460 e. The van der Waals surface area contributed by atoms with Crippen molar-refractivity contribution in [3.05, 3.63) is 0 Å². The van der Waals surface area contributed by atoms with Crippen molar-refractivity contribution < 1.29 is 44.5 Å². The first-order valence-electron chi connectivity index (χ1n) is 7.79. The number of carbonyl (C=O) groups excluding carboxylic acids is 1.